The van der Waals surface area contributed by atoms with E-state index in [1.165, 1.54) is 11.1 Å². The monoisotopic (exact) mass is 566 g/mol. The number of nitrogens with one attached hydrogen (secondary N) is 1. The van der Waals surface area contributed by atoms with Crippen molar-refractivity contribution in [1.29, 1.82) is 0 Å². The van der Waals surface area contributed by atoms with Gasteiger partial charge in [-0.05, 0) is 55.7 Å². The molecule has 7 heteroatoms. The third-order valence-corrected chi connectivity index (χ3v) is 8.53. The maximum absolute atomic E-state index is 12.3. The van der Waals surface area contributed by atoms with Gasteiger partial charge in [-0.25, -0.2) is 15.0 Å². The SMILES string of the molecule is CNC(=O)c1ccc2nc(-c3ccccc3)c(-c3ccc(CN4CCC(n5c(C)nc6ccccc65)CC4)cc3)nc2c1. The summed E-state index contributed by atoms with van der Waals surface area (Å²) in [4.78, 5) is 29.7. The second kappa shape index (κ2) is 11.4. The molecule has 0 aliphatic carbocycles. The van der Waals surface area contributed by atoms with E-state index in [1.54, 1.807) is 13.1 Å². The van der Waals surface area contributed by atoms with Gasteiger partial charge in [0, 0.05) is 49.4 Å². The van der Waals surface area contributed by atoms with Gasteiger partial charge in [-0.15, -0.1) is 0 Å². The molecule has 0 atom stereocenters. The molecule has 1 amide bonds. The Morgan fingerprint density at radius 3 is 2.19 bits per heavy atom. The number of amides is 1. The number of likely N-dealkylation sites (tertiary alicyclic amines) is 1. The number of aryl methyl sites for hydroxylation is 1. The van der Waals surface area contributed by atoms with Crippen molar-refractivity contribution in [3.05, 3.63) is 114 Å². The molecule has 0 saturated carbocycles. The Balaban J connectivity index is 1.12. The van der Waals surface area contributed by atoms with E-state index in [4.69, 9.17) is 15.0 Å². The fourth-order valence-electron chi connectivity index (χ4n) is 6.33. The fourth-order valence-corrected chi connectivity index (χ4v) is 6.33. The molecule has 0 unspecified atom stereocenters. The van der Waals surface area contributed by atoms with Crippen LogP contribution in [0.15, 0.2) is 97.1 Å². The van der Waals surface area contributed by atoms with E-state index in [-0.39, 0.29) is 5.91 Å². The number of hydrogen-bond acceptors (Lipinski definition) is 5. The largest absolute Gasteiger partial charge is 0.355 e. The molecule has 4 aromatic carbocycles. The standard InChI is InChI=1S/C36H34N6O/c1-24-38-31-10-6-7-11-33(31)42(24)29-18-20-41(21-19-29)23-25-12-14-27(15-13-25)35-34(26-8-4-3-5-9-26)39-30-17-16-28(36(43)37-2)22-32(30)40-35/h3-17,22,29H,18-21,23H2,1-2H3,(H,37,43). The van der Waals surface area contributed by atoms with Crippen LogP contribution in [-0.2, 0) is 6.54 Å². The van der Waals surface area contributed by atoms with Crippen LogP contribution >= 0.6 is 0 Å². The summed E-state index contributed by atoms with van der Waals surface area (Å²) in [5.74, 6) is 0.964. The molecule has 43 heavy (non-hydrogen) atoms. The van der Waals surface area contributed by atoms with Crippen LogP contribution in [0.4, 0.5) is 0 Å². The fraction of sp³-hybridized carbons (Fsp3) is 0.222. The summed E-state index contributed by atoms with van der Waals surface area (Å²) < 4.78 is 2.44. The number of fused-ring (bicyclic) bond motifs is 2. The number of carbonyl (C=O) groups excluding carboxylic acids is 1. The molecule has 1 aliphatic heterocycles. The Hall–Kier alpha value is -4.88. The summed E-state index contributed by atoms with van der Waals surface area (Å²) in [6, 6.07) is 33.3. The molecule has 0 bridgehead atoms. The lowest BCUT2D eigenvalue weighted by atomic mass is 10.0. The molecule has 7 nitrogen and oxygen atoms in total. The van der Waals surface area contributed by atoms with Crippen molar-refractivity contribution in [1.82, 2.24) is 29.7 Å². The highest BCUT2D eigenvalue weighted by Gasteiger charge is 2.23. The van der Waals surface area contributed by atoms with E-state index >= 15 is 0 Å². The second-order valence-corrected chi connectivity index (χ2v) is 11.3. The molecule has 1 fully saturated rings. The number of para-hydroxylation sites is 2. The summed E-state index contributed by atoms with van der Waals surface area (Å²) in [5.41, 5.74) is 9.28. The maximum Gasteiger partial charge on any atom is 0.251 e. The van der Waals surface area contributed by atoms with Crippen LogP contribution < -0.4 is 5.32 Å². The highest BCUT2D eigenvalue weighted by molar-refractivity contribution is 5.98. The number of imidazole rings is 1. The zero-order valence-corrected chi connectivity index (χ0v) is 24.5. The molecular formula is C36H34N6O. The highest BCUT2D eigenvalue weighted by atomic mass is 16.1. The Morgan fingerprint density at radius 1 is 0.767 bits per heavy atom. The van der Waals surface area contributed by atoms with Crippen LogP contribution in [0.2, 0.25) is 0 Å². The summed E-state index contributed by atoms with van der Waals surface area (Å²) in [6.07, 6.45) is 2.23. The second-order valence-electron chi connectivity index (χ2n) is 11.3. The van der Waals surface area contributed by atoms with Gasteiger partial charge in [-0.3, -0.25) is 9.69 Å². The molecular weight excluding hydrogens is 532 g/mol. The van der Waals surface area contributed by atoms with Gasteiger partial charge in [-0.2, -0.15) is 0 Å². The summed E-state index contributed by atoms with van der Waals surface area (Å²) in [5, 5.41) is 2.69. The lowest BCUT2D eigenvalue weighted by molar-refractivity contribution is 0.0963. The first kappa shape index (κ1) is 27.0. The van der Waals surface area contributed by atoms with E-state index in [0.717, 1.165) is 71.8 Å². The molecule has 1 N–H and O–H groups in total. The maximum atomic E-state index is 12.3. The predicted molar refractivity (Wildman–Crippen MR) is 172 cm³/mol. The first-order valence-corrected chi connectivity index (χ1v) is 14.9. The zero-order chi connectivity index (χ0) is 29.3. The minimum atomic E-state index is -0.140. The molecule has 0 radical (unpaired) electrons. The number of benzene rings is 4. The molecule has 6 aromatic rings. The van der Waals surface area contributed by atoms with Gasteiger partial charge >= 0.3 is 0 Å². The van der Waals surface area contributed by atoms with E-state index in [1.807, 2.05) is 30.3 Å². The third kappa shape index (κ3) is 5.28. The van der Waals surface area contributed by atoms with Crippen molar-refractivity contribution in [2.75, 3.05) is 20.1 Å². The van der Waals surface area contributed by atoms with E-state index in [2.05, 4.69) is 82.4 Å². The number of aromatic nitrogens is 4. The average Bonchev–Trinajstić information content (AvgIpc) is 3.40. The zero-order valence-electron chi connectivity index (χ0n) is 24.5. The van der Waals surface area contributed by atoms with Gasteiger partial charge in [0.25, 0.3) is 5.91 Å². The van der Waals surface area contributed by atoms with Crippen molar-refractivity contribution in [2.24, 2.45) is 0 Å². The topological polar surface area (TPSA) is 75.9 Å². The van der Waals surface area contributed by atoms with Crippen LogP contribution in [0.1, 0.15) is 40.6 Å². The average molecular weight is 567 g/mol. The number of rotatable bonds is 6. The van der Waals surface area contributed by atoms with Crippen molar-refractivity contribution in [3.63, 3.8) is 0 Å². The van der Waals surface area contributed by atoms with E-state index < -0.39 is 0 Å². The predicted octanol–water partition coefficient (Wildman–Crippen LogP) is 6.82. The Kier molecular flexibility index (Phi) is 7.17. The quantitative estimate of drug-likeness (QED) is 0.240. The molecule has 7 rings (SSSR count). The number of piperidine rings is 1. The van der Waals surface area contributed by atoms with Crippen LogP contribution in [0.3, 0.4) is 0 Å². The molecule has 0 spiro atoms. The summed E-state index contributed by atoms with van der Waals surface area (Å²) in [6.45, 7) is 5.15. The van der Waals surface area contributed by atoms with Crippen molar-refractivity contribution in [2.45, 2.75) is 32.4 Å². The molecule has 214 valence electrons. The number of carbonyl (C=O) groups is 1. The van der Waals surface area contributed by atoms with Gasteiger partial charge in [0.15, 0.2) is 0 Å². The first-order valence-electron chi connectivity index (χ1n) is 14.9. The van der Waals surface area contributed by atoms with Crippen molar-refractivity contribution in [3.8, 4) is 22.5 Å². The van der Waals surface area contributed by atoms with E-state index in [0.29, 0.717) is 17.1 Å². The van der Waals surface area contributed by atoms with Gasteiger partial charge in [0.05, 0.1) is 33.5 Å². The Bertz CT molecular complexity index is 1920. The van der Waals surface area contributed by atoms with Crippen LogP contribution in [0, 0.1) is 6.92 Å². The van der Waals surface area contributed by atoms with Gasteiger partial charge in [0.1, 0.15) is 5.82 Å². The molecule has 2 aromatic heterocycles. The number of hydrogen-bond donors (Lipinski definition) is 1. The minimum Gasteiger partial charge on any atom is -0.355 e. The molecule has 3 heterocycles. The summed E-state index contributed by atoms with van der Waals surface area (Å²) in [7, 11) is 1.63. The smallest absolute Gasteiger partial charge is 0.251 e. The van der Waals surface area contributed by atoms with Gasteiger partial charge < -0.3 is 9.88 Å². The lowest BCUT2D eigenvalue weighted by Crippen LogP contribution is -2.34. The van der Waals surface area contributed by atoms with Crippen LogP contribution in [0.5, 0.6) is 0 Å². The van der Waals surface area contributed by atoms with Crippen LogP contribution in [0.25, 0.3) is 44.6 Å². The van der Waals surface area contributed by atoms with Crippen molar-refractivity contribution >= 4 is 28.0 Å². The minimum absolute atomic E-state index is 0.140. The first-order chi connectivity index (χ1) is 21.1. The van der Waals surface area contributed by atoms with Crippen molar-refractivity contribution < 1.29 is 4.79 Å². The van der Waals surface area contributed by atoms with Gasteiger partial charge in [-0.1, -0.05) is 66.7 Å². The lowest BCUT2D eigenvalue weighted by Gasteiger charge is -2.33. The van der Waals surface area contributed by atoms with E-state index in [9.17, 15) is 4.79 Å². The van der Waals surface area contributed by atoms with Crippen LogP contribution in [-0.4, -0.2) is 50.5 Å². The Labute approximate surface area is 251 Å². The normalized spacial score (nSPS) is 14.4. The molecule has 1 aliphatic rings. The van der Waals surface area contributed by atoms with Gasteiger partial charge in [0.2, 0.25) is 0 Å². The third-order valence-electron chi connectivity index (χ3n) is 8.53. The Morgan fingerprint density at radius 2 is 1.44 bits per heavy atom. The number of nitrogens with zero attached hydrogens (tertiary/aromatic N) is 5. The molecule has 1 saturated heterocycles. The highest BCUT2D eigenvalue weighted by Crippen LogP contribution is 2.33. The summed E-state index contributed by atoms with van der Waals surface area (Å²) >= 11 is 0.